The number of aromatic carboxylic acids is 1. The average Bonchev–Trinajstić information content (AvgIpc) is 2.15. The third-order valence-electron chi connectivity index (χ3n) is 1.54. The molecule has 1 aromatic heterocycles. The second-order valence-electron chi connectivity index (χ2n) is 2.47. The number of carboxylic acids is 1. The van der Waals surface area contributed by atoms with Gasteiger partial charge < -0.3 is 5.11 Å². The highest BCUT2D eigenvalue weighted by molar-refractivity contribution is 6.31. The van der Waals surface area contributed by atoms with E-state index in [1.165, 1.54) is 6.07 Å². The lowest BCUT2D eigenvalue weighted by Crippen LogP contribution is -2.08. The van der Waals surface area contributed by atoms with E-state index in [-0.39, 0.29) is 5.69 Å². The number of hydrogen-bond donors (Lipinski definition) is 1. The summed E-state index contributed by atoms with van der Waals surface area (Å²) >= 11 is 5.42. The van der Waals surface area contributed by atoms with Crippen LogP contribution < -0.4 is 0 Å². The van der Waals surface area contributed by atoms with E-state index in [4.69, 9.17) is 22.0 Å². The molecule has 4 nitrogen and oxygen atoms in total. The van der Waals surface area contributed by atoms with Gasteiger partial charge in [0.05, 0.1) is 10.6 Å². The number of alkyl halides is 2. The standard InChI is InChI=1S/C8H3ClF2N2O2/c9-4-1-3(2-12)13-6(8(14)15)5(4)7(10)11/h1,7H,(H,14,15). The molecule has 1 aromatic rings. The lowest BCUT2D eigenvalue weighted by molar-refractivity contribution is 0.0677. The van der Waals surface area contributed by atoms with E-state index in [1.54, 1.807) is 0 Å². The third-order valence-corrected chi connectivity index (χ3v) is 1.86. The molecule has 78 valence electrons. The SMILES string of the molecule is N#Cc1cc(Cl)c(C(F)F)c(C(=O)O)n1. The molecule has 15 heavy (non-hydrogen) atoms. The average molecular weight is 233 g/mol. The molecule has 0 aliphatic heterocycles. The number of carboxylic acid groups (broad SMARTS) is 1. The molecule has 0 atom stereocenters. The zero-order valence-corrected chi connectivity index (χ0v) is 7.79. The maximum Gasteiger partial charge on any atom is 0.355 e. The highest BCUT2D eigenvalue weighted by Crippen LogP contribution is 2.29. The van der Waals surface area contributed by atoms with Crippen molar-refractivity contribution in [3.63, 3.8) is 0 Å². The molecule has 0 saturated carbocycles. The summed E-state index contributed by atoms with van der Waals surface area (Å²) in [6, 6.07) is 2.42. The Labute approximate surface area is 87.7 Å². The predicted molar refractivity (Wildman–Crippen MR) is 45.9 cm³/mol. The molecule has 0 unspecified atom stereocenters. The van der Waals surface area contributed by atoms with Crippen molar-refractivity contribution >= 4 is 17.6 Å². The lowest BCUT2D eigenvalue weighted by Gasteiger charge is -2.06. The van der Waals surface area contributed by atoms with Crippen molar-refractivity contribution in [1.29, 1.82) is 5.26 Å². The number of hydrogen-bond acceptors (Lipinski definition) is 3. The van der Waals surface area contributed by atoms with Crippen LogP contribution in [0.5, 0.6) is 0 Å². The molecule has 0 aromatic carbocycles. The van der Waals surface area contributed by atoms with Crippen molar-refractivity contribution in [2.75, 3.05) is 0 Å². The van der Waals surface area contributed by atoms with Crippen LogP contribution in [0.15, 0.2) is 6.07 Å². The van der Waals surface area contributed by atoms with Crippen molar-refractivity contribution in [2.45, 2.75) is 6.43 Å². The van der Waals surface area contributed by atoms with Crippen LogP contribution >= 0.6 is 11.6 Å². The Kier molecular flexibility index (Phi) is 3.17. The van der Waals surface area contributed by atoms with Gasteiger partial charge in [-0.3, -0.25) is 0 Å². The third kappa shape index (κ3) is 2.19. The van der Waals surface area contributed by atoms with Gasteiger partial charge in [0, 0.05) is 0 Å². The van der Waals surface area contributed by atoms with Crippen molar-refractivity contribution in [1.82, 2.24) is 4.98 Å². The first-order valence-corrected chi connectivity index (χ1v) is 3.97. The van der Waals surface area contributed by atoms with Gasteiger partial charge in [-0.25, -0.2) is 18.6 Å². The molecule has 1 N–H and O–H groups in total. The largest absolute Gasteiger partial charge is 0.476 e. The first-order valence-electron chi connectivity index (χ1n) is 3.59. The van der Waals surface area contributed by atoms with Crippen LogP contribution in [0.2, 0.25) is 5.02 Å². The fraction of sp³-hybridized carbons (Fsp3) is 0.125. The molecule has 0 aliphatic carbocycles. The van der Waals surface area contributed by atoms with Crippen molar-refractivity contribution in [3.8, 4) is 6.07 Å². The first kappa shape index (κ1) is 11.3. The minimum absolute atomic E-state index is 0.318. The van der Waals surface area contributed by atoms with Gasteiger partial charge in [0.2, 0.25) is 0 Å². The number of nitrogens with zero attached hydrogens (tertiary/aromatic N) is 2. The van der Waals surface area contributed by atoms with E-state index in [0.29, 0.717) is 0 Å². The molecule has 0 bridgehead atoms. The van der Waals surface area contributed by atoms with Crippen LogP contribution in [0.3, 0.4) is 0 Å². The second kappa shape index (κ2) is 4.19. The molecular formula is C8H3ClF2N2O2. The quantitative estimate of drug-likeness (QED) is 0.849. The number of pyridine rings is 1. The highest BCUT2D eigenvalue weighted by atomic mass is 35.5. The summed E-state index contributed by atoms with van der Waals surface area (Å²) in [5.74, 6) is -1.65. The maximum absolute atomic E-state index is 12.4. The van der Waals surface area contributed by atoms with E-state index in [1.807, 2.05) is 0 Å². The fourth-order valence-electron chi connectivity index (χ4n) is 0.952. The van der Waals surface area contributed by atoms with Crippen molar-refractivity contribution < 1.29 is 18.7 Å². The fourth-order valence-corrected chi connectivity index (χ4v) is 1.23. The van der Waals surface area contributed by atoms with Crippen LogP contribution in [-0.4, -0.2) is 16.1 Å². The molecule has 1 rings (SSSR count). The molecule has 7 heteroatoms. The van der Waals surface area contributed by atoms with Gasteiger partial charge >= 0.3 is 5.97 Å². The van der Waals surface area contributed by atoms with Crippen LogP contribution in [0, 0.1) is 11.3 Å². The minimum atomic E-state index is -3.05. The molecule has 0 amide bonds. The smallest absolute Gasteiger partial charge is 0.355 e. The molecular weight excluding hydrogens is 230 g/mol. The Morgan fingerprint density at radius 3 is 2.67 bits per heavy atom. The van der Waals surface area contributed by atoms with E-state index in [0.717, 1.165) is 6.07 Å². The van der Waals surface area contributed by atoms with Crippen molar-refractivity contribution in [2.24, 2.45) is 0 Å². The van der Waals surface area contributed by atoms with Gasteiger partial charge in [0.15, 0.2) is 5.69 Å². The van der Waals surface area contributed by atoms with Gasteiger partial charge in [-0.05, 0) is 6.07 Å². The first-order chi connectivity index (χ1) is 6.97. The summed E-state index contributed by atoms with van der Waals surface area (Å²) in [5, 5.41) is 16.6. The molecule has 0 radical (unpaired) electrons. The van der Waals surface area contributed by atoms with Gasteiger partial charge in [0.1, 0.15) is 11.8 Å². The Bertz CT molecular complexity index is 457. The Morgan fingerprint density at radius 1 is 1.67 bits per heavy atom. The number of rotatable bonds is 2. The number of nitriles is 1. The van der Waals surface area contributed by atoms with Gasteiger partial charge in [-0.2, -0.15) is 5.26 Å². The molecule has 0 saturated heterocycles. The number of aromatic nitrogens is 1. The van der Waals surface area contributed by atoms with Gasteiger partial charge in [-0.1, -0.05) is 11.6 Å². The van der Waals surface area contributed by atoms with E-state index in [2.05, 4.69) is 4.98 Å². The Balaban J connectivity index is 3.51. The van der Waals surface area contributed by atoms with Crippen LogP contribution in [0.25, 0.3) is 0 Å². The molecule has 0 spiro atoms. The monoisotopic (exact) mass is 232 g/mol. The lowest BCUT2D eigenvalue weighted by atomic mass is 10.2. The normalized spacial score (nSPS) is 10.1. The molecule has 0 aliphatic rings. The van der Waals surface area contributed by atoms with Crippen LogP contribution in [-0.2, 0) is 0 Å². The topological polar surface area (TPSA) is 74.0 Å². The summed E-state index contributed by atoms with van der Waals surface area (Å²) in [4.78, 5) is 13.8. The summed E-state index contributed by atoms with van der Waals surface area (Å²) in [6.45, 7) is 0. The van der Waals surface area contributed by atoms with Crippen molar-refractivity contribution in [3.05, 3.63) is 28.0 Å². The minimum Gasteiger partial charge on any atom is -0.476 e. The number of halogens is 3. The van der Waals surface area contributed by atoms with Gasteiger partial charge in [-0.15, -0.1) is 0 Å². The highest BCUT2D eigenvalue weighted by Gasteiger charge is 2.24. The predicted octanol–water partition coefficient (Wildman–Crippen LogP) is 2.24. The summed E-state index contributed by atoms with van der Waals surface area (Å²) in [7, 11) is 0. The summed E-state index contributed by atoms with van der Waals surface area (Å²) in [5.41, 5.74) is -2.08. The van der Waals surface area contributed by atoms with Crippen LogP contribution in [0.4, 0.5) is 8.78 Å². The Morgan fingerprint density at radius 2 is 2.27 bits per heavy atom. The van der Waals surface area contributed by atoms with E-state index < -0.39 is 28.7 Å². The second-order valence-corrected chi connectivity index (χ2v) is 2.88. The van der Waals surface area contributed by atoms with E-state index in [9.17, 15) is 13.6 Å². The molecule has 1 heterocycles. The summed E-state index contributed by atoms with van der Waals surface area (Å²) < 4.78 is 24.8. The zero-order valence-electron chi connectivity index (χ0n) is 7.04. The summed E-state index contributed by atoms with van der Waals surface area (Å²) in [6.07, 6.45) is -3.05. The molecule has 0 fully saturated rings. The van der Waals surface area contributed by atoms with Crippen LogP contribution in [0.1, 0.15) is 28.2 Å². The maximum atomic E-state index is 12.4. The zero-order chi connectivity index (χ0) is 11.6. The number of carbonyl (C=O) groups is 1. The van der Waals surface area contributed by atoms with Gasteiger partial charge in [0.25, 0.3) is 6.43 Å². The Hall–Kier alpha value is -1.74. The van der Waals surface area contributed by atoms with E-state index >= 15 is 0 Å².